The maximum Gasteiger partial charge on any atom is 0.341 e. The lowest BCUT2D eigenvalue weighted by Gasteiger charge is -2.17. The molecule has 2 aromatic carbocycles. The molecule has 7 nitrogen and oxygen atoms in total. The van der Waals surface area contributed by atoms with Crippen LogP contribution in [0.3, 0.4) is 0 Å². The summed E-state index contributed by atoms with van der Waals surface area (Å²) >= 11 is 0. The second kappa shape index (κ2) is 7.79. The Kier molecular flexibility index (Phi) is 5.17. The number of aliphatic hydroxyl groups is 1. The van der Waals surface area contributed by atoms with Gasteiger partial charge in [-0.1, -0.05) is 12.1 Å². The van der Waals surface area contributed by atoms with Crippen LogP contribution >= 0.6 is 0 Å². The minimum Gasteiger partial charge on any atom is -0.497 e. The number of aromatic nitrogens is 1. The molecule has 1 heterocycles. The predicted molar refractivity (Wildman–Crippen MR) is 110 cm³/mol. The van der Waals surface area contributed by atoms with E-state index in [-0.39, 0.29) is 22.7 Å². The molecule has 1 fully saturated rings. The van der Waals surface area contributed by atoms with Crippen LogP contribution in [0.15, 0.2) is 41.3 Å². The fourth-order valence-electron chi connectivity index (χ4n) is 3.58. The summed E-state index contributed by atoms with van der Waals surface area (Å²) in [5.41, 5.74) is 0.0183. The maximum absolute atomic E-state index is 15.1. The van der Waals surface area contributed by atoms with Gasteiger partial charge in [0.2, 0.25) is 5.43 Å². The number of carboxylic acids is 1. The number of ether oxygens (including phenoxy) is 1. The fourth-order valence-corrected chi connectivity index (χ4v) is 3.58. The molecular formula is C22H21FN2O5. The number of pyridine rings is 1. The van der Waals surface area contributed by atoms with E-state index in [0.29, 0.717) is 17.8 Å². The lowest BCUT2D eigenvalue weighted by molar-refractivity contribution is 0.0694. The number of carboxylic acid groups (broad SMARTS) is 1. The summed E-state index contributed by atoms with van der Waals surface area (Å²) < 4.78 is 22.0. The molecule has 0 bridgehead atoms. The average Bonchev–Trinajstić information content (AvgIpc) is 3.58. The molecule has 0 spiro atoms. The molecule has 0 unspecified atom stereocenters. The lowest BCUT2D eigenvalue weighted by atomic mass is 10.0. The summed E-state index contributed by atoms with van der Waals surface area (Å²) in [6.45, 7) is -0.401. The number of rotatable bonds is 7. The maximum atomic E-state index is 15.1. The Hall–Kier alpha value is -3.39. The van der Waals surface area contributed by atoms with Crippen molar-refractivity contribution in [3.05, 3.63) is 69.3 Å². The first-order chi connectivity index (χ1) is 14.4. The number of hydrogen-bond acceptors (Lipinski definition) is 5. The zero-order valence-corrected chi connectivity index (χ0v) is 16.3. The van der Waals surface area contributed by atoms with Crippen LogP contribution in [0.1, 0.15) is 40.4 Å². The van der Waals surface area contributed by atoms with Crippen molar-refractivity contribution in [1.82, 2.24) is 4.57 Å². The van der Waals surface area contributed by atoms with Gasteiger partial charge in [0.05, 0.1) is 30.3 Å². The number of anilines is 1. The number of aliphatic hydroxyl groups excluding tert-OH is 1. The molecule has 3 N–H and O–H groups in total. The van der Waals surface area contributed by atoms with Crippen LogP contribution in [-0.4, -0.2) is 27.9 Å². The van der Waals surface area contributed by atoms with E-state index in [9.17, 15) is 19.8 Å². The van der Waals surface area contributed by atoms with Crippen molar-refractivity contribution >= 4 is 22.6 Å². The molecule has 1 aliphatic carbocycles. The molecule has 4 rings (SSSR count). The van der Waals surface area contributed by atoms with E-state index in [0.717, 1.165) is 18.4 Å². The number of aromatic carboxylic acids is 1. The van der Waals surface area contributed by atoms with Crippen molar-refractivity contribution < 1.29 is 24.1 Å². The van der Waals surface area contributed by atoms with Crippen molar-refractivity contribution in [3.8, 4) is 5.75 Å². The Morgan fingerprint density at radius 1 is 1.30 bits per heavy atom. The van der Waals surface area contributed by atoms with Crippen LogP contribution in [0.2, 0.25) is 0 Å². The van der Waals surface area contributed by atoms with E-state index in [1.165, 1.54) is 12.3 Å². The fraction of sp³-hybridized carbons (Fsp3) is 0.273. The highest BCUT2D eigenvalue weighted by atomic mass is 19.1. The monoisotopic (exact) mass is 412 g/mol. The number of methoxy groups -OCH3 is 1. The first-order valence-corrected chi connectivity index (χ1v) is 9.55. The molecule has 1 saturated carbocycles. The van der Waals surface area contributed by atoms with E-state index < -0.39 is 29.4 Å². The summed E-state index contributed by atoms with van der Waals surface area (Å²) in [4.78, 5) is 24.3. The Balaban J connectivity index is 1.82. The van der Waals surface area contributed by atoms with Gasteiger partial charge in [-0.2, -0.15) is 0 Å². The van der Waals surface area contributed by atoms with Gasteiger partial charge in [-0.15, -0.1) is 0 Å². The molecule has 0 saturated heterocycles. The zero-order chi connectivity index (χ0) is 21.4. The third-order valence-corrected chi connectivity index (χ3v) is 5.33. The minimum absolute atomic E-state index is 0.0534. The largest absolute Gasteiger partial charge is 0.497 e. The lowest BCUT2D eigenvalue weighted by Crippen LogP contribution is -2.21. The topological polar surface area (TPSA) is 101 Å². The summed E-state index contributed by atoms with van der Waals surface area (Å²) in [6.07, 6.45) is 3.01. The Morgan fingerprint density at radius 3 is 2.57 bits per heavy atom. The number of halogens is 1. The number of nitrogens with zero attached hydrogens (tertiary/aromatic N) is 1. The van der Waals surface area contributed by atoms with E-state index >= 15 is 4.39 Å². The predicted octanol–water partition coefficient (Wildman–Crippen LogP) is 3.29. The second-order valence-corrected chi connectivity index (χ2v) is 7.29. The minimum atomic E-state index is -1.37. The molecule has 0 atom stereocenters. The third kappa shape index (κ3) is 3.50. The van der Waals surface area contributed by atoms with Crippen LogP contribution in [-0.2, 0) is 13.2 Å². The number of carbonyl (C=O) groups is 1. The van der Waals surface area contributed by atoms with Crippen molar-refractivity contribution in [2.24, 2.45) is 0 Å². The zero-order valence-electron chi connectivity index (χ0n) is 16.3. The molecular weight excluding hydrogens is 391 g/mol. The standard InChI is InChI=1S/C22H21FN2O5/c1-30-14-6-2-12(3-7-14)9-24-17-8-18-19(16(11-26)20(17)23)21(27)15(22(28)29)10-25(18)13-4-5-13/h2-3,6-8,10,13,24,26H,4-5,9,11H2,1H3,(H,28,29). The molecule has 3 aromatic rings. The van der Waals surface area contributed by atoms with Crippen LogP contribution < -0.4 is 15.5 Å². The van der Waals surface area contributed by atoms with Gasteiger partial charge < -0.3 is 24.8 Å². The van der Waals surface area contributed by atoms with Crippen LogP contribution in [0, 0.1) is 5.82 Å². The highest BCUT2D eigenvalue weighted by Crippen LogP contribution is 2.38. The first kappa shape index (κ1) is 19.9. The molecule has 8 heteroatoms. The van der Waals surface area contributed by atoms with Gasteiger partial charge in [-0.3, -0.25) is 4.79 Å². The Morgan fingerprint density at radius 2 is 2.00 bits per heavy atom. The molecule has 0 radical (unpaired) electrons. The Labute approximate surface area is 171 Å². The second-order valence-electron chi connectivity index (χ2n) is 7.29. The number of benzene rings is 2. The number of hydrogen-bond donors (Lipinski definition) is 3. The molecule has 156 valence electrons. The van der Waals surface area contributed by atoms with Crippen LogP contribution in [0.25, 0.3) is 10.9 Å². The van der Waals surface area contributed by atoms with Gasteiger partial charge in [0, 0.05) is 24.3 Å². The van der Waals surface area contributed by atoms with Crippen molar-refractivity contribution in [2.75, 3.05) is 12.4 Å². The van der Waals surface area contributed by atoms with Gasteiger partial charge >= 0.3 is 5.97 Å². The molecule has 30 heavy (non-hydrogen) atoms. The van der Waals surface area contributed by atoms with Gasteiger partial charge in [0.25, 0.3) is 0 Å². The van der Waals surface area contributed by atoms with Crippen LogP contribution in [0.4, 0.5) is 10.1 Å². The van der Waals surface area contributed by atoms with Gasteiger partial charge in [0.15, 0.2) is 5.82 Å². The van der Waals surface area contributed by atoms with Gasteiger partial charge in [-0.05, 0) is 36.6 Å². The summed E-state index contributed by atoms with van der Waals surface area (Å²) in [5, 5.41) is 22.1. The third-order valence-electron chi connectivity index (χ3n) is 5.33. The summed E-state index contributed by atoms with van der Waals surface area (Å²) in [6, 6.07) is 8.85. The van der Waals surface area contributed by atoms with Crippen molar-refractivity contribution in [3.63, 3.8) is 0 Å². The van der Waals surface area contributed by atoms with Crippen molar-refractivity contribution in [2.45, 2.75) is 32.0 Å². The van der Waals surface area contributed by atoms with Gasteiger partial charge in [-0.25, -0.2) is 9.18 Å². The van der Waals surface area contributed by atoms with Crippen LogP contribution in [0.5, 0.6) is 5.75 Å². The van der Waals surface area contributed by atoms with Gasteiger partial charge in [0.1, 0.15) is 11.3 Å². The van der Waals surface area contributed by atoms with E-state index in [1.54, 1.807) is 23.8 Å². The van der Waals surface area contributed by atoms with E-state index in [4.69, 9.17) is 4.74 Å². The number of fused-ring (bicyclic) bond motifs is 1. The van der Waals surface area contributed by atoms with Crippen molar-refractivity contribution in [1.29, 1.82) is 0 Å². The normalized spacial score (nSPS) is 13.4. The first-order valence-electron chi connectivity index (χ1n) is 9.55. The SMILES string of the molecule is COc1ccc(CNc2cc3c(c(CO)c2F)c(=O)c(C(=O)O)cn3C2CC2)cc1. The molecule has 1 aliphatic rings. The highest BCUT2D eigenvalue weighted by Gasteiger charge is 2.29. The molecule has 1 aromatic heterocycles. The quantitative estimate of drug-likeness (QED) is 0.551. The molecule has 0 aliphatic heterocycles. The smallest absolute Gasteiger partial charge is 0.341 e. The van der Waals surface area contributed by atoms with E-state index in [2.05, 4.69) is 5.32 Å². The number of nitrogens with one attached hydrogen (secondary N) is 1. The summed E-state index contributed by atoms with van der Waals surface area (Å²) in [5.74, 6) is -1.43. The average molecular weight is 412 g/mol. The molecule has 0 amide bonds. The van der Waals surface area contributed by atoms with E-state index in [1.807, 2.05) is 12.1 Å². The Bertz CT molecular complexity index is 1180. The highest BCUT2D eigenvalue weighted by molar-refractivity contribution is 5.95. The summed E-state index contributed by atoms with van der Waals surface area (Å²) in [7, 11) is 1.57.